The Bertz CT molecular complexity index is 899. The molecule has 0 unspecified atom stereocenters. The fourth-order valence-corrected chi connectivity index (χ4v) is 6.23. The topological polar surface area (TPSA) is 66.5 Å². The molecule has 2 heterocycles. The van der Waals surface area contributed by atoms with Crippen molar-refractivity contribution < 1.29 is 13.2 Å². The van der Waals surface area contributed by atoms with E-state index in [0.29, 0.717) is 30.1 Å². The molecule has 0 spiro atoms. The molecule has 7 heteroatoms. The van der Waals surface area contributed by atoms with Crippen LogP contribution in [0.1, 0.15) is 42.5 Å². The zero-order chi connectivity index (χ0) is 19.6. The number of aryl methyl sites for hydroxylation is 2. The van der Waals surface area contributed by atoms with Crippen LogP contribution in [0.5, 0.6) is 0 Å². The molecule has 0 radical (unpaired) electrons. The fraction of sp³-hybridized carbons (Fsp3) is 0.450. The molecule has 1 amide bonds. The van der Waals surface area contributed by atoms with E-state index >= 15 is 0 Å². The molecule has 3 rings (SSSR count). The molecule has 1 N–H and O–H groups in total. The average Bonchev–Trinajstić information content (AvgIpc) is 3.17. The number of sulfonamides is 1. The average molecular weight is 407 g/mol. The molecule has 1 saturated heterocycles. The summed E-state index contributed by atoms with van der Waals surface area (Å²) in [5.41, 5.74) is 3.49. The Kier molecular flexibility index (Phi) is 6.03. The van der Waals surface area contributed by atoms with Crippen molar-refractivity contribution in [3.63, 3.8) is 0 Å². The van der Waals surface area contributed by atoms with E-state index in [4.69, 9.17) is 0 Å². The number of hydrogen-bond acceptors (Lipinski definition) is 4. The first-order valence-corrected chi connectivity index (χ1v) is 11.5. The molecule has 1 fully saturated rings. The van der Waals surface area contributed by atoms with Gasteiger partial charge in [-0.15, -0.1) is 11.3 Å². The molecular weight excluding hydrogens is 380 g/mol. The molecular formula is C20H26N2O3S2. The summed E-state index contributed by atoms with van der Waals surface area (Å²) in [5.74, 6) is -0.136. The second-order valence-corrected chi connectivity index (χ2v) is 10.3. The van der Waals surface area contributed by atoms with Crippen LogP contribution in [-0.4, -0.2) is 31.7 Å². The molecule has 1 aromatic heterocycles. The van der Waals surface area contributed by atoms with Gasteiger partial charge in [0.25, 0.3) is 10.0 Å². The molecule has 0 aliphatic carbocycles. The number of nitrogens with zero attached hydrogens (tertiary/aromatic N) is 1. The number of rotatable bonds is 5. The van der Waals surface area contributed by atoms with Crippen molar-refractivity contribution in [1.29, 1.82) is 0 Å². The lowest BCUT2D eigenvalue weighted by atomic mass is 9.95. The SMILES string of the molecule is Cc1ccc([C@H](C)NC(=O)C2CCN(S(=O)(=O)c3cccs3)CC2)c(C)c1. The number of hydrogen-bond donors (Lipinski definition) is 1. The van der Waals surface area contributed by atoms with Gasteiger partial charge in [0.05, 0.1) is 6.04 Å². The van der Waals surface area contributed by atoms with E-state index in [9.17, 15) is 13.2 Å². The minimum Gasteiger partial charge on any atom is -0.349 e. The third-order valence-electron chi connectivity index (χ3n) is 5.16. The highest BCUT2D eigenvalue weighted by Crippen LogP contribution is 2.27. The summed E-state index contributed by atoms with van der Waals surface area (Å²) in [6.45, 7) is 6.87. The fourth-order valence-electron chi connectivity index (χ4n) is 3.62. The van der Waals surface area contributed by atoms with Crippen molar-refractivity contribution in [3.05, 3.63) is 52.4 Å². The van der Waals surface area contributed by atoms with Gasteiger partial charge in [-0.2, -0.15) is 4.31 Å². The summed E-state index contributed by atoms with van der Waals surface area (Å²) in [6, 6.07) is 9.54. The Morgan fingerprint density at radius 2 is 1.93 bits per heavy atom. The smallest absolute Gasteiger partial charge is 0.252 e. The summed E-state index contributed by atoms with van der Waals surface area (Å²) >= 11 is 1.23. The molecule has 0 saturated carbocycles. The van der Waals surface area contributed by atoms with Crippen LogP contribution in [-0.2, 0) is 14.8 Å². The molecule has 5 nitrogen and oxygen atoms in total. The second kappa shape index (κ2) is 8.12. The van der Waals surface area contributed by atoms with E-state index in [1.807, 2.05) is 6.92 Å². The third-order valence-corrected chi connectivity index (χ3v) is 8.44. The molecule has 1 aliphatic rings. The first kappa shape index (κ1) is 20.0. The highest BCUT2D eigenvalue weighted by Gasteiger charge is 2.33. The monoisotopic (exact) mass is 406 g/mol. The predicted octanol–water partition coefficient (Wildman–Crippen LogP) is 3.64. The summed E-state index contributed by atoms with van der Waals surface area (Å²) in [4.78, 5) is 12.7. The van der Waals surface area contributed by atoms with Gasteiger partial charge in [0.2, 0.25) is 5.91 Å². The normalized spacial score (nSPS) is 17.6. The molecule has 2 aromatic rings. The highest BCUT2D eigenvalue weighted by molar-refractivity contribution is 7.91. The first-order chi connectivity index (χ1) is 12.8. The maximum atomic E-state index is 12.7. The van der Waals surface area contributed by atoms with Gasteiger partial charge in [0.1, 0.15) is 4.21 Å². The number of nitrogens with one attached hydrogen (secondary N) is 1. The van der Waals surface area contributed by atoms with Crippen LogP contribution in [0.2, 0.25) is 0 Å². The van der Waals surface area contributed by atoms with Crippen LogP contribution in [0.15, 0.2) is 39.9 Å². The lowest BCUT2D eigenvalue weighted by Crippen LogP contribution is -2.43. The van der Waals surface area contributed by atoms with Crippen LogP contribution in [0, 0.1) is 19.8 Å². The van der Waals surface area contributed by atoms with Crippen molar-refractivity contribution in [1.82, 2.24) is 9.62 Å². The first-order valence-electron chi connectivity index (χ1n) is 9.20. The predicted molar refractivity (Wildman–Crippen MR) is 108 cm³/mol. The van der Waals surface area contributed by atoms with Gasteiger partial charge in [-0.05, 0) is 56.2 Å². The zero-order valence-electron chi connectivity index (χ0n) is 15.9. The van der Waals surface area contributed by atoms with Gasteiger partial charge in [0, 0.05) is 19.0 Å². The standard InChI is InChI=1S/C20H26N2O3S2/c1-14-6-7-18(15(2)13-14)16(3)21-20(23)17-8-10-22(11-9-17)27(24,25)19-5-4-12-26-19/h4-7,12-13,16-17H,8-11H2,1-3H3,(H,21,23)/t16-/m0/s1. The van der Waals surface area contributed by atoms with Gasteiger partial charge >= 0.3 is 0 Å². The molecule has 1 aliphatic heterocycles. The van der Waals surface area contributed by atoms with Crippen molar-refractivity contribution in [2.75, 3.05) is 13.1 Å². The van der Waals surface area contributed by atoms with E-state index in [1.165, 1.54) is 26.8 Å². The van der Waals surface area contributed by atoms with Crippen molar-refractivity contribution in [2.45, 2.75) is 43.9 Å². The molecule has 0 bridgehead atoms. The lowest BCUT2D eigenvalue weighted by Gasteiger charge is -2.31. The number of benzene rings is 1. The van der Waals surface area contributed by atoms with E-state index in [2.05, 4.69) is 37.4 Å². The Hall–Kier alpha value is -1.70. The summed E-state index contributed by atoms with van der Waals surface area (Å²) < 4.78 is 27.0. The maximum absolute atomic E-state index is 12.7. The van der Waals surface area contributed by atoms with Gasteiger partial charge in [0.15, 0.2) is 0 Å². The second-order valence-electron chi connectivity index (χ2n) is 7.20. The van der Waals surface area contributed by atoms with Crippen LogP contribution < -0.4 is 5.32 Å². The molecule has 1 aromatic carbocycles. The minimum absolute atomic E-state index is 0.00986. The lowest BCUT2D eigenvalue weighted by molar-refractivity contribution is -0.126. The van der Waals surface area contributed by atoms with E-state index in [-0.39, 0.29) is 17.9 Å². The number of thiophene rings is 1. The number of carbonyl (C=O) groups excluding carboxylic acids is 1. The largest absolute Gasteiger partial charge is 0.349 e. The van der Waals surface area contributed by atoms with Crippen LogP contribution in [0.4, 0.5) is 0 Å². The van der Waals surface area contributed by atoms with Gasteiger partial charge in [-0.1, -0.05) is 29.8 Å². The maximum Gasteiger partial charge on any atom is 0.252 e. The quantitative estimate of drug-likeness (QED) is 0.824. The van der Waals surface area contributed by atoms with Crippen molar-refractivity contribution in [2.24, 2.45) is 5.92 Å². The number of piperidine rings is 1. The summed E-state index contributed by atoms with van der Waals surface area (Å²) in [7, 11) is -3.42. The minimum atomic E-state index is -3.42. The molecule has 146 valence electrons. The van der Waals surface area contributed by atoms with Crippen molar-refractivity contribution in [3.8, 4) is 0 Å². The Morgan fingerprint density at radius 1 is 1.22 bits per heavy atom. The Morgan fingerprint density at radius 3 is 2.52 bits per heavy atom. The van der Waals surface area contributed by atoms with E-state index in [0.717, 1.165) is 5.56 Å². The van der Waals surface area contributed by atoms with Gasteiger partial charge in [-0.25, -0.2) is 8.42 Å². The third kappa shape index (κ3) is 4.42. The van der Waals surface area contributed by atoms with Crippen LogP contribution >= 0.6 is 11.3 Å². The summed E-state index contributed by atoms with van der Waals surface area (Å²) in [6.07, 6.45) is 1.10. The van der Waals surface area contributed by atoms with Crippen LogP contribution in [0.3, 0.4) is 0 Å². The molecule has 27 heavy (non-hydrogen) atoms. The Balaban J connectivity index is 1.58. The van der Waals surface area contributed by atoms with Crippen molar-refractivity contribution >= 4 is 27.3 Å². The summed E-state index contributed by atoms with van der Waals surface area (Å²) in [5, 5.41) is 4.87. The van der Waals surface area contributed by atoms with E-state index < -0.39 is 10.0 Å². The zero-order valence-corrected chi connectivity index (χ0v) is 17.6. The Labute approximate surface area is 165 Å². The van der Waals surface area contributed by atoms with Gasteiger partial charge < -0.3 is 5.32 Å². The number of carbonyl (C=O) groups is 1. The van der Waals surface area contributed by atoms with E-state index in [1.54, 1.807) is 17.5 Å². The molecule has 1 atom stereocenters. The number of amides is 1. The van der Waals surface area contributed by atoms with Gasteiger partial charge in [-0.3, -0.25) is 4.79 Å². The van der Waals surface area contributed by atoms with Crippen LogP contribution in [0.25, 0.3) is 0 Å². The highest BCUT2D eigenvalue weighted by atomic mass is 32.2.